The smallest absolute Gasteiger partial charge is 0.224 e. The zero-order chi connectivity index (χ0) is 23.1. The number of aryl methyl sites for hydroxylation is 1. The first-order valence-corrected chi connectivity index (χ1v) is 14.1. The topological polar surface area (TPSA) is 66.5 Å². The summed E-state index contributed by atoms with van der Waals surface area (Å²) in [6.45, 7) is 3.22. The van der Waals surface area contributed by atoms with Crippen molar-refractivity contribution in [3.8, 4) is 0 Å². The molecule has 0 saturated carbocycles. The van der Waals surface area contributed by atoms with Crippen molar-refractivity contribution in [3.05, 3.63) is 69.2 Å². The molecule has 1 amide bonds. The highest BCUT2D eigenvalue weighted by atomic mass is 35.5. The lowest BCUT2D eigenvalue weighted by Crippen LogP contribution is -2.46. The van der Waals surface area contributed by atoms with Gasteiger partial charge in [0.1, 0.15) is 0 Å². The zero-order valence-electron chi connectivity index (χ0n) is 18.0. The third kappa shape index (κ3) is 7.12. The van der Waals surface area contributed by atoms with Crippen molar-refractivity contribution < 1.29 is 13.2 Å². The lowest BCUT2D eigenvalue weighted by molar-refractivity contribution is -0.125. The summed E-state index contributed by atoms with van der Waals surface area (Å²) in [6.07, 6.45) is 1.33. The highest BCUT2D eigenvalue weighted by molar-refractivity contribution is 7.98. The van der Waals surface area contributed by atoms with Crippen molar-refractivity contribution >= 4 is 50.9 Å². The van der Waals surface area contributed by atoms with Crippen LogP contribution in [0.4, 0.5) is 0 Å². The molecule has 1 aliphatic rings. The predicted molar refractivity (Wildman–Crippen MR) is 134 cm³/mol. The maximum absolute atomic E-state index is 13.0. The molecule has 3 rings (SSSR count). The van der Waals surface area contributed by atoms with E-state index in [1.165, 1.54) is 15.4 Å². The summed E-state index contributed by atoms with van der Waals surface area (Å²) in [7, 11) is -3.63. The Bertz CT molecular complexity index is 1010. The monoisotopic (exact) mass is 514 g/mol. The number of carbonyl (C=O) groups is 1. The molecule has 0 unspecified atom stereocenters. The Kier molecular flexibility index (Phi) is 9.32. The molecule has 1 heterocycles. The molecule has 2 aromatic rings. The standard InChI is InChI=1S/C23H28Cl2N2O3S2/c1-17-7-9-18(10-8-17)15-31-13-11-26-23(28)19-4-3-12-27(14-19)32(29,30)16-20-21(24)5-2-6-22(20)25/h2,5-10,19H,3-4,11-16H2,1H3,(H,26,28)/t19-/m1/s1. The van der Waals surface area contributed by atoms with Gasteiger partial charge in [-0.1, -0.05) is 59.1 Å². The van der Waals surface area contributed by atoms with E-state index in [2.05, 4.69) is 36.5 Å². The second-order valence-corrected chi connectivity index (χ2v) is 11.9. The van der Waals surface area contributed by atoms with Gasteiger partial charge >= 0.3 is 0 Å². The fraction of sp³-hybridized carbons (Fsp3) is 0.435. The van der Waals surface area contributed by atoms with Crippen LogP contribution in [0.15, 0.2) is 42.5 Å². The van der Waals surface area contributed by atoms with E-state index in [1.54, 1.807) is 30.0 Å². The van der Waals surface area contributed by atoms with Crippen molar-refractivity contribution in [1.82, 2.24) is 9.62 Å². The van der Waals surface area contributed by atoms with Crippen LogP contribution in [0.5, 0.6) is 0 Å². The predicted octanol–water partition coefficient (Wildman–Crippen LogP) is 4.89. The normalized spacial score (nSPS) is 17.3. The summed E-state index contributed by atoms with van der Waals surface area (Å²) < 4.78 is 27.3. The Morgan fingerprint density at radius 3 is 2.53 bits per heavy atom. The summed E-state index contributed by atoms with van der Waals surface area (Å²) >= 11 is 14.1. The van der Waals surface area contributed by atoms with E-state index in [-0.39, 0.29) is 24.1 Å². The van der Waals surface area contributed by atoms with E-state index in [0.29, 0.717) is 41.5 Å². The molecule has 32 heavy (non-hydrogen) atoms. The van der Waals surface area contributed by atoms with Crippen LogP contribution in [0.3, 0.4) is 0 Å². The molecule has 1 aliphatic heterocycles. The number of thioether (sulfide) groups is 1. The first-order valence-electron chi connectivity index (χ1n) is 10.6. The number of sulfonamides is 1. The van der Waals surface area contributed by atoms with E-state index >= 15 is 0 Å². The Morgan fingerprint density at radius 1 is 1.16 bits per heavy atom. The maximum Gasteiger partial charge on any atom is 0.224 e. The SMILES string of the molecule is Cc1ccc(CSCCNC(=O)[C@@H]2CCCN(S(=O)(=O)Cc3c(Cl)cccc3Cl)C2)cc1. The average molecular weight is 516 g/mol. The van der Waals surface area contributed by atoms with Crippen LogP contribution in [-0.2, 0) is 26.3 Å². The van der Waals surface area contributed by atoms with Crippen molar-refractivity contribution in [2.24, 2.45) is 5.92 Å². The van der Waals surface area contributed by atoms with Crippen LogP contribution in [0.2, 0.25) is 10.0 Å². The fourth-order valence-electron chi connectivity index (χ4n) is 3.62. The Morgan fingerprint density at radius 2 is 1.84 bits per heavy atom. The van der Waals surface area contributed by atoms with Crippen LogP contribution in [0.25, 0.3) is 0 Å². The van der Waals surface area contributed by atoms with Gasteiger partial charge in [0.15, 0.2) is 0 Å². The Hall–Kier alpha value is -1.25. The minimum absolute atomic E-state index is 0.0865. The summed E-state index contributed by atoms with van der Waals surface area (Å²) in [6, 6.07) is 13.4. The Balaban J connectivity index is 1.47. The van der Waals surface area contributed by atoms with Crippen molar-refractivity contribution in [2.75, 3.05) is 25.4 Å². The van der Waals surface area contributed by atoms with Gasteiger partial charge in [0.05, 0.1) is 11.7 Å². The molecule has 5 nitrogen and oxygen atoms in total. The van der Waals surface area contributed by atoms with Gasteiger partial charge in [0.2, 0.25) is 15.9 Å². The Labute approximate surface area is 204 Å². The molecule has 174 valence electrons. The molecule has 0 spiro atoms. The number of nitrogens with one attached hydrogen (secondary N) is 1. The van der Waals surface area contributed by atoms with Gasteiger partial charge in [-0.2, -0.15) is 11.8 Å². The third-order valence-electron chi connectivity index (χ3n) is 5.47. The molecule has 0 radical (unpaired) electrons. The second-order valence-electron chi connectivity index (χ2n) is 7.98. The van der Waals surface area contributed by atoms with Gasteiger partial charge in [-0.05, 0) is 37.5 Å². The molecule has 1 saturated heterocycles. The second kappa shape index (κ2) is 11.7. The van der Waals surface area contributed by atoms with E-state index in [1.807, 2.05) is 0 Å². The van der Waals surface area contributed by atoms with Gasteiger partial charge in [-0.25, -0.2) is 12.7 Å². The van der Waals surface area contributed by atoms with E-state index < -0.39 is 10.0 Å². The average Bonchev–Trinajstić information content (AvgIpc) is 2.77. The number of amides is 1. The fourth-order valence-corrected chi connectivity index (χ4v) is 6.80. The van der Waals surface area contributed by atoms with E-state index in [9.17, 15) is 13.2 Å². The largest absolute Gasteiger partial charge is 0.355 e. The minimum Gasteiger partial charge on any atom is -0.355 e. The molecular weight excluding hydrogens is 487 g/mol. The summed E-state index contributed by atoms with van der Waals surface area (Å²) in [5.41, 5.74) is 2.90. The molecular formula is C23H28Cl2N2O3S2. The first kappa shape index (κ1) is 25.4. The van der Waals surface area contributed by atoms with Gasteiger partial charge in [-0.15, -0.1) is 0 Å². The molecule has 1 atom stereocenters. The van der Waals surface area contributed by atoms with Crippen molar-refractivity contribution in [1.29, 1.82) is 0 Å². The third-order valence-corrected chi connectivity index (χ3v) is 8.98. The number of hydrogen-bond acceptors (Lipinski definition) is 4. The summed E-state index contributed by atoms with van der Waals surface area (Å²) in [4.78, 5) is 12.6. The number of hydrogen-bond donors (Lipinski definition) is 1. The summed E-state index contributed by atoms with van der Waals surface area (Å²) in [5.74, 6) is 1.00. The molecule has 0 bridgehead atoms. The lowest BCUT2D eigenvalue weighted by Gasteiger charge is -2.31. The number of piperidine rings is 1. The molecule has 1 fully saturated rings. The number of carbonyl (C=O) groups excluding carboxylic acids is 1. The van der Waals surface area contributed by atoms with Crippen LogP contribution < -0.4 is 5.32 Å². The number of benzene rings is 2. The van der Waals surface area contributed by atoms with Crippen molar-refractivity contribution in [3.63, 3.8) is 0 Å². The van der Waals surface area contributed by atoms with Crippen molar-refractivity contribution in [2.45, 2.75) is 31.3 Å². The molecule has 0 aliphatic carbocycles. The van der Waals surface area contributed by atoms with Gasteiger partial charge in [0, 0.05) is 46.7 Å². The first-order chi connectivity index (χ1) is 15.3. The number of rotatable bonds is 9. The molecule has 2 aromatic carbocycles. The van der Waals surface area contributed by atoms with Crippen LogP contribution in [-0.4, -0.2) is 44.0 Å². The molecule has 0 aromatic heterocycles. The zero-order valence-corrected chi connectivity index (χ0v) is 21.2. The van der Waals surface area contributed by atoms with Gasteiger partial charge in [-0.3, -0.25) is 4.79 Å². The van der Waals surface area contributed by atoms with E-state index in [0.717, 1.165) is 11.5 Å². The van der Waals surface area contributed by atoms with Crippen LogP contribution in [0, 0.1) is 12.8 Å². The highest BCUT2D eigenvalue weighted by Crippen LogP contribution is 2.29. The van der Waals surface area contributed by atoms with E-state index in [4.69, 9.17) is 23.2 Å². The quantitative estimate of drug-likeness (QED) is 0.483. The lowest BCUT2D eigenvalue weighted by atomic mass is 9.99. The van der Waals surface area contributed by atoms with Crippen LogP contribution in [0.1, 0.15) is 29.5 Å². The number of nitrogens with zero attached hydrogens (tertiary/aromatic N) is 1. The molecule has 1 N–H and O–H groups in total. The number of halogens is 2. The molecule has 9 heteroatoms. The highest BCUT2D eigenvalue weighted by Gasteiger charge is 2.33. The van der Waals surface area contributed by atoms with Gasteiger partial charge in [0.25, 0.3) is 0 Å². The maximum atomic E-state index is 13.0. The van der Waals surface area contributed by atoms with Crippen LogP contribution >= 0.6 is 35.0 Å². The summed E-state index contributed by atoms with van der Waals surface area (Å²) in [5, 5.41) is 3.62. The minimum atomic E-state index is -3.63. The van der Waals surface area contributed by atoms with Gasteiger partial charge < -0.3 is 5.32 Å².